The summed E-state index contributed by atoms with van der Waals surface area (Å²) in [6.45, 7) is 6.93. The average Bonchev–Trinajstić information content (AvgIpc) is 2.63. The van der Waals surface area contributed by atoms with Gasteiger partial charge < -0.3 is 15.4 Å². The first-order valence-electron chi connectivity index (χ1n) is 6.52. The third-order valence-electron chi connectivity index (χ3n) is 3.39. The highest BCUT2D eigenvalue weighted by Crippen LogP contribution is 2.19. The maximum Gasteiger partial charge on any atom is 0.274 e. The van der Waals surface area contributed by atoms with E-state index in [1.54, 1.807) is 30.7 Å². The van der Waals surface area contributed by atoms with E-state index < -0.39 is 0 Å². The van der Waals surface area contributed by atoms with Gasteiger partial charge in [-0.1, -0.05) is 6.92 Å². The van der Waals surface area contributed by atoms with E-state index in [-0.39, 0.29) is 11.9 Å². The van der Waals surface area contributed by atoms with Crippen LogP contribution < -0.4 is 5.73 Å². The number of aromatic nitrogens is 2. The molecule has 0 spiro atoms. The minimum absolute atomic E-state index is 0.0907. The standard InChI is InChI=1S/C13H24N4O2/c1-6-9(2)17(7-8-19-5)13(18)12-11(14)10(3)15-16(12)4/h9H,6-8,14H2,1-5H3. The Labute approximate surface area is 114 Å². The fourth-order valence-corrected chi connectivity index (χ4v) is 2.00. The predicted octanol–water partition coefficient (Wildman–Crippen LogP) is 1.20. The summed E-state index contributed by atoms with van der Waals surface area (Å²) in [5, 5.41) is 4.19. The molecule has 1 aromatic rings. The number of amides is 1. The van der Waals surface area contributed by atoms with Crippen LogP contribution in [-0.2, 0) is 11.8 Å². The van der Waals surface area contributed by atoms with Gasteiger partial charge in [-0.2, -0.15) is 5.10 Å². The van der Waals surface area contributed by atoms with Crippen molar-refractivity contribution in [1.82, 2.24) is 14.7 Å². The fourth-order valence-electron chi connectivity index (χ4n) is 2.00. The number of aryl methyl sites for hydroxylation is 2. The zero-order chi connectivity index (χ0) is 14.6. The lowest BCUT2D eigenvalue weighted by Crippen LogP contribution is -2.41. The molecule has 0 saturated heterocycles. The minimum Gasteiger partial charge on any atom is -0.395 e. The molecule has 1 aromatic heterocycles. The van der Waals surface area contributed by atoms with Gasteiger partial charge in [0.25, 0.3) is 5.91 Å². The summed E-state index contributed by atoms with van der Waals surface area (Å²) < 4.78 is 6.62. The van der Waals surface area contributed by atoms with Gasteiger partial charge in [-0.3, -0.25) is 9.48 Å². The summed E-state index contributed by atoms with van der Waals surface area (Å²) in [5.41, 5.74) is 7.54. The number of rotatable bonds is 6. The van der Waals surface area contributed by atoms with Crippen molar-refractivity contribution in [3.8, 4) is 0 Å². The Morgan fingerprint density at radius 2 is 2.21 bits per heavy atom. The van der Waals surface area contributed by atoms with Crippen LogP contribution in [0.2, 0.25) is 0 Å². The quantitative estimate of drug-likeness (QED) is 0.841. The molecular formula is C13H24N4O2. The van der Waals surface area contributed by atoms with Crippen molar-refractivity contribution in [2.75, 3.05) is 26.0 Å². The molecule has 0 aliphatic rings. The lowest BCUT2D eigenvalue weighted by atomic mass is 10.2. The number of nitrogens with zero attached hydrogens (tertiary/aromatic N) is 3. The molecule has 0 fully saturated rings. The van der Waals surface area contributed by atoms with Gasteiger partial charge >= 0.3 is 0 Å². The van der Waals surface area contributed by atoms with Crippen LogP contribution in [0, 0.1) is 6.92 Å². The van der Waals surface area contributed by atoms with E-state index in [0.717, 1.165) is 6.42 Å². The molecule has 0 aromatic carbocycles. The lowest BCUT2D eigenvalue weighted by Gasteiger charge is -2.28. The van der Waals surface area contributed by atoms with Crippen LogP contribution in [0.1, 0.15) is 36.5 Å². The minimum atomic E-state index is -0.0907. The number of nitrogens with two attached hydrogens (primary N) is 1. The monoisotopic (exact) mass is 268 g/mol. The Hall–Kier alpha value is -1.56. The Bertz CT molecular complexity index is 442. The molecule has 1 heterocycles. The Balaban J connectivity index is 3.04. The van der Waals surface area contributed by atoms with E-state index in [2.05, 4.69) is 12.0 Å². The SMILES string of the molecule is CCC(C)N(CCOC)C(=O)c1c(N)c(C)nn1C. The number of anilines is 1. The second-order valence-corrected chi connectivity index (χ2v) is 4.72. The second kappa shape index (κ2) is 6.56. The van der Waals surface area contributed by atoms with E-state index in [1.807, 2.05) is 6.92 Å². The first-order valence-corrected chi connectivity index (χ1v) is 6.52. The van der Waals surface area contributed by atoms with E-state index in [9.17, 15) is 4.79 Å². The highest BCUT2D eigenvalue weighted by Gasteiger charge is 2.26. The molecule has 19 heavy (non-hydrogen) atoms. The van der Waals surface area contributed by atoms with Crippen molar-refractivity contribution >= 4 is 11.6 Å². The van der Waals surface area contributed by atoms with E-state index in [4.69, 9.17) is 10.5 Å². The second-order valence-electron chi connectivity index (χ2n) is 4.72. The highest BCUT2D eigenvalue weighted by molar-refractivity contribution is 5.98. The third kappa shape index (κ3) is 3.26. The van der Waals surface area contributed by atoms with Gasteiger partial charge in [0.1, 0.15) is 5.69 Å². The molecule has 6 nitrogen and oxygen atoms in total. The molecule has 6 heteroatoms. The normalized spacial score (nSPS) is 12.5. The molecule has 0 radical (unpaired) electrons. The van der Waals surface area contributed by atoms with E-state index >= 15 is 0 Å². The predicted molar refractivity (Wildman–Crippen MR) is 75.0 cm³/mol. The largest absolute Gasteiger partial charge is 0.395 e. The molecule has 1 atom stereocenters. The summed E-state index contributed by atoms with van der Waals surface area (Å²) in [4.78, 5) is 14.4. The first-order chi connectivity index (χ1) is 8.93. The van der Waals surface area contributed by atoms with Crippen molar-refractivity contribution in [2.45, 2.75) is 33.2 Å². The fraction of sp³-hybridized carbons (Fsp3) is 0.692. The van der Waals surface area contributed by atoms with Gasteiger partial charge in [-0.05, 0) is 20.3 Å². The zero-order valence-electron chi connectivity index (χ0n) is 12.4. The summed E-state index contributed by atoms with van der Waals surface area (Å²) in [7, 11) is 3.36. The molecular weight excluding hydrogens is 244 g/mol. The van der Waals surface area contributed by atoms with Crippen molar-refractivity contribution in [1.29, 1.82) is 0 Å². The first kappa shape index (κ1) is 15.5. The molecule has 0 saturated carbocycles. The Morgan fingerprint density at radius 1 is 1.58 bits per heavy atom. The topological polar surface area (TPSA) is 73.4 Å². The Morgan fingerprint density at radius 3 is 2.63 bits per heavy atom. The van der Waals surface area contributed by atoms with Gasteiger partial charge in [0, 0.05) is 26.7 Å². The number of carbonyl (C=O) groups excluding carboxylic acids is 1. The van der Waals surface area contributed by atoms with Crippen molar-refractivity contribution in [2.24, 2.45) is 7.05 Å². The highest BCUT2D eigenvalue weighted by atomic mass is 16.5. The summed E-state index contributed by atoms with van der Waals surface area (Å²) in [5.74, 6) is -0.0907. The van der Waals surface area contributed by atoms with Crippen molar-refractivity contribution in [3.63, 3.8) is 0 Å². The van der Waals surface area contributed by atoms with Crippen molar-refractivity contribution in [3.05, 3.63) is 11.4 Å². The lowest BCUT2D eigenvalue weighted by molar-refractivity contribution is 0.0604. The molecule has 1 amide bonds. The molecule has 0 bridgehead atoms. The van der Waals surface area contributed by atoms with Crippen LogP contribution in [0.15, 0.2) is 0 Å². The number of hydrogen-bond acceptors (Lipinski definition) is 4. The number of ether oxygens (including phenoxy) is 1. The summed E-state index contributed by atoms with van der Waals surface area (Å²) in [6.07, 6.45) is 0.881. The van der Waals surface area contributed by atoms with Gasteiger partial charge in [-0.15, -0.1) is 0 Å². The molecule has 0 aliphatic carbocycles. The molecule has 1 rings (SSSR count). The number of methoxy groups -OCH3 is 1. The van der Waals surface area contributed by atoms with Gasteiger partial charge in [0.05, 0.1) is 18.0 Å². The molecule has 1 unspecified atom stereocenters. The summed E-state index contributed by atoms with van der Waals surface area (Å²) in [6, 6.07) is 0.136. The third-order valence-corrected chi connectivity index (χ3v) is 3.39. The van der Waals surface area contributed by atoms with Crippen LogP contribution in [0.3, 0.4) is 0 Å². The zero-order valence-corrected chi connectivity index (χ0v) is 12.4. The van der Waals surface area contributed by atoms with E-state index in [0.29, 0.717) is 30.2 Å². The van der Waals surface area contributed by atoms with Gasteiger partial charge in [-0.25, -0.2) is 0 Å². The van der Waals surface area contributed by atoms with Crippen LogP contribution in [0.4, 0.5) is 5.69 Å². The van der Waals surface area contributed by atoms with Crippen molar-refractivity contribution < 1.29 is 9.53 Å². The molecule has 0 aliphatic heterocycles. The number of nitrogen functional groups attached to an aromatic ring is 1. The molecule has 108 valence electrons. The number of hydrogen-bond donors (Lipinski definition) is 1. The number of carbonyl (C=O) groups is 1. The maximum atomic E-state index is 12.6. The van der Waals surface area contributed by atoms with Crippen LogP contribution in [-0.4, -0.2) is 46.9 Å². The average molecular weight is 268 g/mol. The van der Waals surface area contributed by atoms with Gasteiger partial charge in [0.15, 0.2) is 0 Å². The molecule has 2 N–H and O–H groups in total. The van der Waals surface area contributed by atoms with Crippen LogP contribution in [0.5, 0.6) is 0 Å². The smallest absolute Gasteiger partial charge is 0.274 e. The van der Waals surface area contributed by atoms with E-state index in [1.165, 1.54) is 0 Å². The Kier molecular flexibility index (Phi) is 5.35. The van der Waals surface area contributed by atoms with Crippen LogP contribution >= 0.6 is 0 Å². The van der Waals surface area contributed by atoms with Gasteiger partial charge in [0.2, 0.25) is 0 Å². The summed E-state index contributed by atoms with van der Waals surface area (Å²) >= 11 is 0. The van der Waals surface area contributed by atoms with Crippen LogP contribution in [0.25, 0.3) is 0 Å². The maximum absolute atomic E-state index is 12.6.